The highest BCUT2D eigenvalue weighted by Gasteiger charge is 2.06. The first kappa shape index (κ1) is 12.4. The molecule has 0 spiro atoms. The number of hydrogen-bond donors (Lipinski definition) is 2. The van der Waals surface area contributed by atoms with Crippen LogP contribution in [-0.2, 0) is 10.0 Å². The lowest BCUT2D eigenvalue weighted by Gasteiger charge is -2.04. The van der Waals surface area contributed by atoms with Crippen LogP contribution in [0.15, 0.2) is 12.3 Å². The zero-order valence-electron chi connectivity index (χ0n) is 8.64. The van der Waals surface area contributed by atoms with Gasteiger partial charge >= 0.3 is 0 Å². The first-order chi connectivity index (χ1) is 7.57. The largest absolute Gasteiger partial charge is 0.353 e. The summed E-state index contributed by atoms with van der Waals surface area (Å²) in [6.07, 6.45) is 1.43. The van der Waals surface area contributed by atoms with Crippen LogP contribution >= 0.6 is 0 Å². The van der Waals surface area contributed by atoms with Gasteiger partial charge < -0.3 is 5.32 Å². The number of nitrogens with zero attached hydrogens (tertiary/aromatic N) is 3. The van der Waals surface area contributed by atoms with Gasteiger partial charge in [-0.15, -0.1) is 0 Å². The summed E-state index contributed by atoms with van der Waals surface area (Å²) in [5.74, 6) is 0.161. The van der Waals surface area contributed by atoms with Crippen molar-refractivity contribution in [2.75, 3.05) is 24.7 Å². The average molecular weight is 241 g/mol. The molecular weight excluding hydrogens is 230 g/mol. The second kappa shape index (κ2) is 5.39. The van der Waals surface area contributed by atoms with Crippen LogP contribution in [-0.4, -0.2) is 37.7 Å². The van der Waals surface area contributed by atoms with Gasteiger partial charge in [0.1, 0.15) is 11.8 Å². The number of rotatable bonds is 5. The minimum atomic E-state index is -3.24. The molecule has 0 radical (unpaired) electrons. The van der Waals surface area contributed by atoms with E-state index in [0.29, 0.717) is 0 Å². The van der Waals surface area contributed by atoms with Crippen molar-refractivity contribution < 1.29 is 8.42 Å². The number of nitriles is 1. The van der Waals surface area contributed by atoms with Crippen molar-refractivity contribution in [2.24, 2.45) is 0 Å². The fourth-order valence-electron chi connectivity index (χ4n) is 0.905. The summed E-state index contributed by atoms with van der Waals surface area (Å²) in [5, 5.41) is 11.3. The zero-order valence-corrected chi connectivity index (χ0v) is 9.45. The first-order valence-electron chi connectivity index (χ1n) is 4.45. The molecule has 1 aromatic rings. The molecule has 0 aliphatic heterocycles. The van der Waals surface area contributed by atoms with Gasteiger partial charge in [0.2, 0.25) is 16.0 Å². The van der Waals surface area contributed by atoms with Crippen molar-refractivity contribution in [3.05, 3.63) is 18.0 Å². The fourth-order valence-corrected chi connectivity index (χ4v) is 1.48. The lowest BCUT2D eigenvalue weighted by molar-refractivity contribution is 0.588. The Morgan fingerprint density at radius 2 is 2.31 bits per heavy atom. The molecule has 0 unspecified atom stereocenters. The summed E-state index contributed by atoms with van der Waals surface area (Å²) in [5.41, 5.74) is 0.231. The standard InChI is InChI=1S/C8H11N5O2S/c1-10-16(14,15)5-4-12-8-11-3-2-7(6-9)13-8/h2-3,10H,4-5H2,1H3,(H,11,12,13). The number of nitrogens with one attached hydrogen (secondary N) is 2. The van der Waals surface area contributed by atoms with E-state index in [9.17, 15) is 8.42 Å². The number of aromatic nitrogens is 2. The predicted molar refractivity (Wildman–Crippen MR) is 58.1 cm³/mol. The number of hydrogen-bond acceptors (Lipinski definition) is 6. The van der Waals surface area contributed by atoms with Gasteiger partial charge in [0.15, 0.2) is 0 Å². The summed E-state index contributed by atoms with van der Waals surface area (Å²) in [7, 11) is -1.89. The van der Waals surface area contributed by atoms with Crippen LogP contribution in [0.1, 0.15) is 5.69 Å². The Morgan fingerprint density at radius 3 is 2.94 bits per heavy atom. The Bertz CT molecular complexity index is 493. The van der Waals surface area contributed by atoms with E-state index in [0.717, 1.165) is 0 Å². The molecule has 1 aromatic heterocycles. The minimum Gasteiger partial charge on any atom is -0.353 e. The molecule has 0 aliphatic carbocycles. The molecule has 0 atom stereocenters. The normalized spacial score (nSPS) is 10.8. The van der Waals surface area contributed by atoms with E-state index in [2.05, 4.69) is 20.0 Å². The Hall–Kier alpha value is -1.72. The van der Waals surface area contributed by atoms with Crippen LogP contribution in [0, 0.1) is 11.3 Å². The van der Waals surface area contributed by atoms with Crippen LogP contribution in [0.4, 0.5) is 5.95 Å². The molecule has 1 heterocycles. The van der Waals surface area contributed by atoms with Crippen molar-refractivity contribution in [3.63, 3.8) is 0 Å². The SMILES string of the molecule is CNS(=O)(=O)CCNc1nccc(C#N)n1. The maximum Gasteiger partial charge on any atom is 0.223 e. The van der Waals surface area contributed by atoms with E-state index in [1.807, 2.05) is 6.07 Å². The van der Waals surface area contributed by atoms with Gasteiger partial charge in [0.05, 0.1) is 5.75 Å². The summed E-state index contributed by atoms with van der Waals surface area (Å²) in [4.78, 5) is 7.68. The van der Waals surface area contributed by atoms with Gasteiger partial charge in [-0.1, -0.05) is 0 Å². The summed E-state index contributed by atoms with van der Waals surface area (Å²) >= 11 is 0. The minimum absolute atomic E-state index is 0.0797. The Balaban J connectivity index is 2.53. The average Bonchev–Trinajstić information content (AvgIpc) is 2.29. The van der Waals surface area contributed by atoms with Crippen LogP contribution in [0.25, 0.3) is 0 Å². The smallest absolute Gasteiger partial charge is 0.223 e. The van der Waals surface area contributed by atoms with Gasteiger partial charge in [-0.05, 0) is 13.1 Å². The molecule has 0 fully saturated rings. The molecule has 0 bridgehead atoms. The molecule has 0 saturated heterocycles. The summed E-state index contributed by atoms with van der Waals surface area (Å²) in [6, 6.07) is 3.33. The Kier molecular flexibility index (Phi) is 4.16. The molecular formula is C8H11N5O2S. The molecule has 0 saturated carbocycles. The van der Waals surface area contributed by atoms with E-state index in [4.69, 9.17) is 5.26 Å². The summed E-state index contributed by atoms with van der Waals surface area (Å²) in [6.45, 7) is 0.179. The van der Waals surface area contributed by atoms with Crippen LogP contribution < -0.4 is 10.0 Å². The topological polar surface area (TPSA) is 108 Å². The Morgan fingerprint density at radius 1 is 1.56 bits per heavy atom. The van der Waals surface area contributed by atoms with Crippen molar-refractivity contribution >= 4 is 16.0 Å². The lowest BCUT2D eigenvalue weighted by atomic mass is 10.4. The molecule has 1 rings (SSSR count). The maximum absolute atomic E-state index is 11.1. The van der Waals surface area contributed by atoms with E-state index >= 15 is 0 Å². The van der Waals surface area contributed by atoms with E-state index in [1.165, 1.54) is 19.3 Å². The highest BCUT2D eigenvalue weighted by Crippen LogP contribution is 1.98. The number of anilines is 1. The van der Waals surface area contributed by atoms with Crippen LogP contribution in [0.3, 0.4) is 0 Å². The second-order valence-electron chi connectivity index (χ2n) is 2.83. The first-order valence-corrected chi connectivity index (χ1v) is 6.11. The fraction of sp³-hybridized carbons (Fsp3) is 0.375. The molecule has 7 nitrogen and oxygen atoms in total. The molecule has 0 aliphatic rings. The van der Waals surface area contributed by atoms with Crippen molar-refractivity contribution in [3.8, 4) is 6.07 Å². The van der Waals surface area contributed by atoms with E-state index in [-0.39, 0.29) is 23.9 Å². The number of sulfonamides is 1. The van der Waals surface area contributed by atoms with Crippen molar-refractivity contribution in [2.45, 2.75) is 0 Å². The van der Waals surface area contributed by atoms with Gasteiger partial charge in [0.25, 0.3) is 0 Å². The molecule has 86 valence electrons. The molecule has 2 N–H and O–H groups in total. The van der Waals surface area contributed by atoms with Gasteiger partial charge in [0, 0.05) is 12.7 Å². The van der Waals surface area contributed by atoms with E-state index in [1.54, 1.807) is 0 Å². The highest BCUT2D eigenvalue weighted by atomic mass is 32.2. The van der Waals surface area contributed by atoms with Crippen LogP contribution in [0.5, 0.6) is 0 Å². The zero-order chi connectivity index (χ0) is 12.0. The van der Waals surface area contributed by atoms with Gasteiger partial charge in [-0.25, -0.2) is 23.1 Å². The van der Waals surface area contributed by atoms with Crippen molar-refractivity contribution in [1.29, 1.82) is 5.26 Å². The molecule has 0 amide bonds. The highest BCUT2D eigenvalue weighted by molar-refractivity contribution is 7.89. The van der Waals surface area contributed by atoms with E-state index < -0.39 is 10.0 Å². The third-order valence-electron chi connectivity index (χ3n) is 1.74. The second-order valence-corrected chi connectivity index (χ2v) is 4.87. The molecule has 16 heavy (non-hydrogen) atoms. The Labute approximate surface area is 93.6 Å². The van der Waals surface area contributed by atoms with Gasteiger partial charge in [-0.2, -0.15) is 5.26 Å². The molecule has 8 heteroatoms. The monoisotopic (exact) mass is 241 g/mol. The predicted octanol–water partition coefficient (Wildman–Crippen LogP) is -0.691. The van der Waals surface area contributed by atoms with Gasteiger partial charge in [-0.3, -0.25) is 0 Å². The van der Waals surface area contributed by atoms with Crippen LogP contribution in [0.2, 0.25) is 0 Å². The lowest BCUT2D eigenvalue weighted by Crippen LogP contribution is -2.26. The summed E-state index contributed by atoms with van der Waals surface area (Å²) < 4.78 is 24.3. The third-order valence-corrected chi connectivity index (χ3v) is 3.10. The molecule has 0 aromatic carbocycles. The maximum atomic E-state index is 11.1. The quantitative estimate of drug-likeness (QED) is 0.706. The third kappa shape index (κ3) is 3.80. The van der Waals surface area contributed by atoms with Crippen molar-refractivity contribution in [1.82, 2.24) is 14.7 Å².